The lowest BCUT2D eigenvalue weighted by Crippen LogP contribution is -2.49. The van der Waals surface area contributed by atoms with Gasteiger partial charge in [-0.1, -0.05) is 127 Å². The molecule has 0 bridgehead atoms. The average molecular weight is 637 g/mol. The highest BCUT2D eigenvalue weighted by Crippen LogP contribution is 2.15. The van der Waals surface area contributed by atoms with Gasteiger partial charge in [0.2, 0.25) is 0 Å². The van der Waals surface area contributed by atoms with Crippen LogP contribution in [0.5, 0.6) is 0 Å². The van der Waals surface area contributed by atoms with Crippen molar-refractivity contribution >= 4 is 11.8 Å². The molecule has 258 valence electrons. The van der Waals surface area contributed by atoms with Gasteiger partial charge in [-0.05, 0) is 36.8 Å². The van der Waals surface area contributed by atoms with Gasteiger partial charge in [0.1, 0.15) is 13.1 Å². The van der Waals surface area contributed by atoms with Gasteiger partial charge in [0.05, 0.1) is 28.2 Å². The highest BCUT2D eigenvalue weighted by atomic mass is 16.2. The Bertz CT molecular complexity index is 1020. The van der Waals surface area contributed by atoms with Gasteiger partial charge in [-0.25, -0.2) is 0 Å². The number of amides is 2. The Morgan fingerprint density at radius 2 is 0.783 bits per heavy atom. The minimum atomic E-state index is 0.00925. The summed E-state index contributed by atoms with van der Waals surface area (Å²) in [4.78, 5) is 25.4. The number of hydrogen-bond donors (Lipinski definition) is 2. The molecule has 0 radical (unpaired) electrons. The van der Waals surface area contributed by atoms with E-state index >= 15 is 0 Å². The Morgan fingerprint density at radius 1 is 0.478 bits per heavy atom. The van der Waals surface area contributed by atoms with Crippen LogP contribution in [0.3, 0.4) is 0 Å². The van der Waals surface area contributed by atoms with Crippen LogP contribution in [0.1, 0.15) is 113 Å². The predicted octanol–water partition coefficient (Wildman–Crippen LogP) is 7.58. The summed E-state index contributed by atoms with van der Waals surface area (Å²) in [6.45, 7) is 7.79. The molecular weight excluding hydrogens is 568 g/mol. The van der Waals surface area contributed by atoms with Gasteiger partial charge in [0, 0.05) is 24.2 Å². The number of likely N-dealkylation sites (N-methyl/N-ethyl adjacent to an activating group) is 2. The average Bonchev–Trinajstić information content (AvgIpc) is 2.99. The Morgan fingerprint density at radius 3 is 1.13 bits per heavy atom. The Labute approximate surface area is 282 Å². The van der Waals surface area contributed by atoms with Crippen LogP contribution in [-0.4, -0.2) is 75.2 Å². The van der Waals surface area contributed by atoms with E-state index in [2.05, 4.69) is 101 Å². The highest BCUT2D eigenvalue weighted by Gasteiger charge is 2.22. The lowest BCUT2D eigenvalue weighted by Gasteiger charge is -2.29. The molecule has 0 unspecified atom stereocenters. The molecule has 0 aliphatic rings. The molecule has 2 rings (SSSR count). The lowest BCUT2D eigenvalue weighted by atomic mass is 10.0. The minimum Gasteiger partial charge on any atom is -0.349 e. The third kappa shape index (κ3) is 18.4. The molecule has 0 atom stereocenters. The predicted molar refractivity (Wildman–Crippen MR) is 194 cm³/mol. The topological polar surface area (TPSA) is 58.2 Å². The largest absolute Gasteiger partial charge is 0.349 e. The van der Waals surface area contributed by atoms with E-state index in [1.54, 1.807) is 0 Å². The molecule has 0 saturated heterocycles. The van der Waals surface area contributed by atoms with Crippen LogP contribution < -0.4 is 10.6 Å². The SMILES string of the molecule is CCCCCCCCc1ccc(C[N+](C)(C)CC(=O)NCCNC(=O)C[N+](C)(C)Cc2ccc(CCCCCCCC)cc2)cc1. The first-order valence-corrected chi connectivity index (χ1v) is 18.3. The van der Waals surface area contributed by atoms with E-state index in [1.165, 1.54) is 99.3 Å². The smallest absolute Gasteiger partial charge is 0.275 e. The molecule has 6 nitrogen and oxygen atoms in total. The van der Waals surface area contributed by atoms with Crippen LogP contribution >= 0.6 is 0 Å². The Kier molecular flexibility index (Phi) is 18.9. The van der Waals surface area contributed by atoms with E-state index in [0.29, 0.717) is 35.1 Å². The first-order chi connectivity index (χ1) is 22.0. The van der Waals surface area contributed by atoms with Gasteiger partial charge in [0.25, 0.3) is 11.8 Å². The minimum absolute atomic E-state index is 0.00925. The van der Waals surface area contributed by atoms with Crippen LogP contribution in [0.15, 0.2) is 48.5 Å². The second-order valence-corrected chi connectivity index (χ2v) is 14.9. The van der Waals surface area contributed by atoms with Gasteiger partial charge in [-0.2, -0.15) is 0 Å². The molecule has 2 aromatic carbocycles. The van der Waals surface area contributed by atoms with Crippen molar-refractivity contribution in [3.8, 4) is 0 Å². The summed E-state index contributed by atoms with van der Waals surface area (Å²) in [6.07, 6.45) is 18.1. The summed E-state index contributed by atoms with van der Waals surface area (Å²) in [5, 5.41) is 5.98. The van der Waals surface area contributed by atoms with Gasteiger partial charge in [0.15, 0.2) is 13.1 Å². The molecule has 2 N–H and O–H groups in total. The van der Waals surface area contributed by atoms with Crippen molar-refractivity contribution in [2.45, 2.75) is 117 Å². The third-order valence-corrected chi connectivity index (χ3v) is 8.82. The molecule has 0 aliphatic heterocycles. The monoisotopic (exact) mass is 637 g/mol. The highest BCUT2D eigenvalue weighted by molar-refractivity contribution is 5.78. The summed E-state index contributed by atoms with van der Waals surface area (Å²) in [5.74, 6) is 0.0185. The number of nitrogens with one attached hydrogen (secondary N) is 2. The van der Waals surface area contributed by atoms with Gasteiger partial charge >= 0.3 is 0 Å². The molecule has 2 aromatic rings. The standard InChI is InChI=1S/C40H66N4O2/c1-7-9-11-13-15-17-19-35-21-25-37(26-22-35)31-43(3,4)33-39(45)41-29-30-42-40(46)34-44(5,6)32-38-27-23-36(24-28-38)20-18-16-14-12-10-8-2/h21-28H,7-20,29-34H2,1-6H3/p+2. The van der Waals surface area contributed by atoms with E-state index in [4.69, 9.17) is 0 Å². The quantitative estimate of drug-likeness (QED) is 0.0872. The fraction of sp³-hybridized carbons (Fsp3) is 0.650. The number of carbonyl (C=O) groups is 2. The molecule has 6 heteroatoms. The molecule has 2 amide bonds. The van der Waals surface area contributed by atoms with E-state index in [-0.39, 0.29) is 11.8 Å². The zero-order valence-electron chi connectivity index (χ0n) is 30.5. The molecule has 0 heterocycles. The van der Waals surface area contributed by atoms with E-state index in [0.717, 1.165) is 25.9 Å². The first-order valence-electron chi connectivity index (χ1n) is 18.3. The number of benzene rings is 2. The fourth-order valence-electron chi connectivity index (χ4n) is 6.24. The summed E-state index contributed by atoms with van der Waals surface area (Å²) in [5.41, 5.74) is 5.31. The lowest BCUT2D eigenvalue weighted by molar-refractivity contribution is -0.895. The molecule has 0 aliphatic carbocycles. The number of quaternary nitrogens is 2. The second-order valence-electron chi connectivity index (χ2n) is 14.9. The fourth-order valence-corrected chi connectivity index (χ4v) is 6.24. The number of nitrogens with zero attached hydrogens (tertiary/aromatic N) is 2. The van der Waals surface area contributed by atoms with E-state index in [1.807, 2.05) is 0 Å². The second kappa shape index (κ2) is 22.0. The normalized spacial score (nSPS) is 11.9. The molecule has 0 aromatic heterocycles. The first kappa shape index (κ1) is 39.5. The summed E-state index contributed by atoms with van der Waals surface area (Å²) < 4.78 is 1.17. The maximum atomic E-state index is 12.7. The van der Waals surface area contributed by atoms with Gasteiger partial charge in [-0.15, -0.1) is 0 Å². The van der Waals surface area contributed by atoms with Crippen LogP contribution in [0.4, 0.5) is 0 Å². The van der Waals surface area contributed by atoms with Crippen LogP contribution in [0.25, 0.3) is 0 Å². The van der Waals surface area contributed by atoms with Gasteiger partial charge in [-0.3, -0.25) is 9.59 Å². The number of aryl methyl sites for hydroxylation is 2. The van der Waals surface area contributed by atoms with Crippen molar-refractivity contribution < 1.29 is 18.6 Å². The van der Waals surface area contributed by atoms with Crippen LogP contribution in [0.2, 0.25) is 0 Å². The van der Waals surface area contributed by atoms with Crippen molar-refractivity contribution in [3.05, 3.63) is 70.8 Å². The van der Waals surface area contributed by atoms with Crippen LogP contribution in [-0.2, 0) is 35.5 Å². The van der Waals surface area contributed by atoms with Crippen molar-refractivity contribution in [2.75, 3.05) is 54.4 Å². The Hall–Kier alpha value is -2.70. The van der Waals surface area contributed by atoms with Crippen molar-refractivity contribution in [1.82, 2.24) is 10.6 Å². The van der Waals surface area contributed by atoms with Gasteiger partial charge < -0.3 is 19.6 Å². The van der Waals surface area contributed by atoms with E-state index < -0.39 is 0 Å². The molecule has 46 heavy (non-hydrogen) atoms. The summed E-state index contributed by atoms with van der Waals surface area (Å²) in [7, 11) is 8.37. The maximum Gasteiger partial charge on any atom is 0.275 e. The molecule has 0 fully saturated rings. The third-order valence-electron chi connectivity index (χ3n) is 8.82. The van der Waals surface area contributed by atoms with E-state index in [9.17, 15) is 9.59 Å². The zero-order chi connectivity index (χ0) is 33.7. The summed E-state index contributed by atoms with van der Waals surface area (Å²) >= 11 is 0. The molecule has 0 spiro atoms. The number of rotatable bonds is 25. The number of carbonyl (C=O) groups excluding carboxylic acids is 2. The number of hydrogen-bond acceptors (Lipinski definition) is 2. The van der Waals surface area contributed by atoms with Crippen LogP contribution in [0, 0.1) is 0 Å². The molecular formula is C40H68N4O2+2. The number of unbranched alkanes of at least 4 members (excludes halogenated alkanes) is 10. The Balaban J connectivity index is 1.62. The van der Waals surface area contributed by atoms with Crippen molar-refractivity contribution in [3.63, 3.8) is 0 Å². The van der Waals surface area contributed by atoms with Crippen molar-refractivity contribution in [1.29, 1.82) is 0 Å². The summed E-state index contributed by atoms with van der Waals surface area (Å²) in [6, 6.07) is 17.8. The molecule has 0 saturated carbocycles. The van der Waals surface area contributed by atoms with Crippen molar-refractivity contribution in [2.24, 2.45) is 0 Å². The zero-order valence-corrected chi connectivity index (χ0v) is 30.5. The maximum absolute atomic E-state index is 12.7.